The van der Waals surface area contributed by atoms with E-state index in [1.165, 1.54) is 0 Å². The maximum absolute atomic E-state index is 12.8. The van der Waals surface area contributed by atoms with E-state index in [4.69, 9.17) is 4.52 Å². The molecule has 0 N–H and O–H groups in total. The van der Waals surface area contributed by atoms with E-state index in [0.717, 1.165) is 16.8 Å². The van der Waals surface area contributed by atoms with Crippen molar-refractivity contribution in [3.63, 3.8) is 0 Å². The first kappa shape index (κ1) is 13.5. The van der Waals surface area contributed by atoms with E-state index in [0.29, 0.717) is 16.7 Å². The molecule has 0 bridgehead atoms. The molecule has 0 spiro atoms. The van der Waals surface area contributed by atoms with Crippen molar-refractivity contribution >= 4 is 10.9 Å². The molecule has 2 aromatic carbocycles. The van der Waals surface area contributed by atoms with Gasteiger partial charge in [0.1, 0.15) is 10.9 Å². The van der Waals surface area contributed by atoms with Crippen molar-refractivity contribution in [2.75, 3.05) is 0 Å². The fraction of sp³-hybridized carbons (Fsp3) is 0.0526. The van der Waals surface area contributed by atoms with Crippen LogP contribution in [0.25, 0.3) is 33.5 Å². The molecule has 23 heavy (non-hydrogen) atoms. The van der Waals surface area contributed by atoms with Gasteiger partial charge >= 0.3 is 0 Å². The van der Waals surface area contributed by atoms with Crippen LogP contribution in [0.4, 0.5) is 0 Å². The first-order valence-electron chi connectivity index (χ1n) is 7.36. The lowest BCUT2D eigenvalue weighted by atomic mass is 10.1. The first-order chi connectivity index (χ1) is 11.3. The second kappa shape index (κ2) is 5.25. The third-order valence-corrected chi connectivity index (χ3v) is 3.98. The van der Waals surface area contributed by atoms with Gasteiger partial charge in [0, 0.05) is 12.6 Å². The summed E-state index contributed by atoms with van der Waals surface area (Å²) in [6.45, 7) is 0. The molecule has 4 aromatic rings. The van der Waals surface area contributed by atoms with Gasteiger partial charge in [-0.15, -0.1) is 0 Å². The van der Waals surface area contributed by atoms with Gasteiger partial charge in [-0.25, -0.2) is 0 Å². The lowest BCUT2D eigenvalue weighted by Crippen LogP contribution is -2.18. The average Bonchev–Trinajstić information content (AvgIpc) is 3.04. The van der Waals surface area contributed by atoms with E-state index in [1.807, 2.05) is 66.7 Å². The van der Waals surface area contributed by atoms with Crippen LogP contribution in [0, 0.1) is 0 Å². The van der Waals surface area contributed by atoms with Gasteiger partial charge in [0.05, 0.1) is 5.69 Å². The minimum absolute atomic E-state index is 0.110. The summed E-state index contributed by atoms with van der Waals surface area (Å²) in [5.74, 6) is 0.515. The number of aromatic nitrogens is 2. The molecule has 112 valence electrons. The molecular weight excluding hydrogens is 288 g/mol. The van der Waals surface area contributed by atoms with Crippen molar-refractivity contribution in [1.82, 2.24) is 9.72 Å². The van der Waals surface area contributed by atoms with Crippen LogP contribution in [0.15, 0.2) is 76.0 Å². The Kier molecular flexibility index (Phi) is 3.08. The predicted octanol–water partition coefficient (Wildman–Crippen LogP) is 3.86. The van der Waals surface area contributed by atoms with Gasteiger partial charge in [-0.05, 0) is 11.6 Å². The molecule has 0 saturated heterocycles. The number of nitrogens with zero attached hydrogens (tertiary/aromatic N) is 2. The van der Waals surface area contributed by atoms with Gasteiger partial charge < -0.3 is 9.09 Å². The molecule has 0 aliphatic heterocycles. The van der Waals surface area contributed by atoms with Crippen molar-refractivity contribution in [1.29, 1.82) is 0 Å². The third kappa shape index (κ3) is 2.16. The molecule has 4 heteroatoms. The van der Waals surface area contributed by atoms with E-state index in [1.54, 1.807) is 11.6 Å². The maximum Gasteiger partial charge on any atom is 0.264 e. The largest absolute Gasteiger partial charge is 0.355 e. The highest BCUT2D eigenvalue weighted by atomic mass is 16.5. The minimum atomic E-state index is -0.110. The standard InChI is InChI=1S/C19H14N2O2/c1-21-16(13-8-4-2-5-9-13)12-15-17(19(21)22)18(23-20-15)14-10-6-3-7-11-14/h2-12H,1H3. The Bertz CT molecular complexity index is 1030. The predicted molar refractivity (Wildman–Crippen MR) is 90.1 cm³/mol. The number of benzene rings is 2. The van der Waals surface area contributed by atoms with E-state index >= 15 is 0 Å². The molecule has 0 aliphatic carbocycles. The van der Waals surface area contributed by atoms with Crippen molar-refractivity contribution in [2.24, 2.45) is 7.05 Å². The smallest absolute Gasteiger partial charge is 0.264 e. The van der Waals surface area contributed by atoms with E-state index in [2.05, 4.69) is 5.16 Å². The Labute approximate surface area is 132 Å². The maximum atomic E-state index is 12.8. The van der Waals surface area contributed by atoms with E-state index < -0.39 is 0 Å². The average molecular weight is 302 g/mol. The molecule has 4 rings (SSSR count). The van der Waals surface area contributed by atoms with Crippen molar-refractivity contribution in [3.05, 3.63) is 77.1 Å². The van der Waals surface area contributed by atoms with Crippen LogP contribution >= 0.6 is 0 Å². The summed E-state index contributed by atoms with van der Waals surface area (Å²) in [5, 5.41) is 4.61. The van der Waals surface area contributed by atoms with Crippen molar-refractivity contribution in [2.45, 2.75) is 0 Å². The lowest BCUT2D eigenvalue weighted by Gasteiger charge is -2.08. The summed E-state index contributed by atoms with van der Waals surface area (Å²) < 4.78 is 7.10. The number of rotatable bonds is 2. The number of hydrogen-bond acceptors (Lipinski definition) is 3. The van der Waals surface area contributed by atoms with Crippen LogP contribution < -0.4 is 5.56 Å². The summed E-state index contributed by atoms with van der Waals surface area (Å²) in [6.07, 6.45) is 0. The Morgan fingerprint density at radius 1 is 0.913 bits per heavy atom. The van der Waals surface area contributed by atoms with E-state index in [-0.39, 0.29) is 5.56 Å². The highest BCUT2D eigenvalue weighted by molar-refractivity contribution is 5.92. The molecule has 0 amide bonds. The summed E-state index contributed by atoms with van der Waals surface area (Å²) in [7, 11) is 1.77. The normalized spacial score (nSPS) is 11.0. The zero-order valence-electron chi connectivity index (χ0n) is 12.6. The number of fused-ring (bicyclic) bond motifs is 1. The molecule has 2 aromatic heterocycles. The van der Waals surface area contributed by atoms with Crippen LogP contribution in [-0.2, 0) is 7.05 Å². The molecular formula is C19H14N2O2. The topological polar surface area (TPSA) is 48.0 Å². The van der Waals surface area contributed by atoms with Gasteiger partial charge in [0.2, 0.25) is 0 Å². The van der Waals surface area contributed by atoms with Crippen LogP contribution in [0.1, 0.15) is 0 Å². The quantitative estimate of drug-likeness (QED) is 0.565. The van der Waals surface area contributed by atoms with Crippen LogP contribution in [-0.4, -0.2) is 9.72 Å². The van der Waals surface area contributed by atoms with Crippen molar-refractivity contribution < 1.29 is 4.52 Å². The van der Waals surface area contributed by atoms with E-state index in [9.17, 15) is 4.79 Å². The summed E-state index contributed by atoms with van der Waals surface area (Å²) in [4.78, 5) is 12.8. The Morgan fingerprint density at radius 3 is 2.17 bits per heavy atom. The Hall–Kier alpha value is -3.14. The van der Waals surface area contributed by atoms with Gasteiger partial charge in [-0.2, -0.15) is 0 Å². The van der Waals surface area contributed by atoms with Gasteiger partial charge in [-0.3, -0.25) is 4.79 Å². The fourth-order valence-electron chi connectivity index (χ4n) is 2.78. The summed E-state index contributed by atoms with van der Waals surface area (Å²) >= 11 is 0. The monoisotopic (exact) mass is 302 g/mol. The molecule has 2 heterocycles. The van der Waals surface area contributed by atoms with Crippen LogP contribution in [0.5, 0.6) is 0 Å². The fourth-order valence-corrected chi connectivity index (χ4v) is 2.78. The lowest BCUT2D eigenvalue weighted by molar-refractivity contribution is 0.441. The molecule has 0 radical (unpaired) electrons. The van der Waals surface area contributed by atoms with Gasteiger partial charge in [0.25, 0.3) is 5.56 Å². The molecule has 0 fully saturated rings. The number of pyridine rings is 1. The zero-order chi connectivity index (χ0) is 15.8. The third-order valence-electron chi connectivity index (χ3n) is 3.98. The second-order valence-corrected chi connectivity index (χ2v) is 5.40. The first-order valence-corrected chi connectivity index (χ1v) is 7.36. The van der Waals surface area contributed by atoms with Crippen LogP contribution in [0.3, 0.4) is 0 Å². The molecule has 0 unspecified atom stereocenters. The zero-order valence-corrected chi connectivity index (χ0v) is 12.6. The van der Waals surface area contributed by atoms with Crippen molar-refractivity contribution in [3.8, 4) is 22.6 Å². The summed E-state index contributed by atoms with van der Waals surface area (Å²) in [6, 6.07) is 21.2. The molecule has 0 saturated carbocycles. The SMILES string of the molecule is Cn1c(-c2ccccc2)cc2noc(-c3ccccc3)c2c1=O. The minimum Gasteiger partial charge on any atom is -0.355 e. The number of hydrogen-bond donors (Lipinski definition) is 0. The molecule has 4 nitrogen and oxygen atoms in total. The second-order valence-electron chi connectivity index (χ2n) is 5.40. The Morgan fingerprint density at radius 2 is 1.52 bits per heavy atom. The highest BCUT2D eigenvalue weighted by Crippen LogP contribution is 2.28. The molecule has 0 atom stereocenters. The molecule has 0 aliphatic rings. The van der Waals surface area contributed by atoms with Gasteiger partial charge in [-0.1, -0.05) is 65.8 Å². The van der Waals surface area contributed by atoms with Crippen LogP contribution in [0.2, 0.25) is 0 Å². The Balaban J connectivity index is 2.01. The van der Waals surface area contributed by atoms with Gasteiger partial charge in [0.15, 0.2) is 5.76 Å². The highest BCUT2D eigenvalue weighted by Gasteiger charge is 2.17. The summed E-state index contributed by atoms with van der Waals surface area (Å²) in [5.41, 5.74) is 3.10.